The van der Waals surface area contributed by atoms with E-state index < -0.39 is 0 Å². The van der Waals surface area contributed by atoms with Crippen LogP contribution in [-0.4, -0.2) is 38.8 Å². The second-order valence-corrected chi connectivity index (χ2v) is 3.94. The fourth-order valence-corrected chi connectivity index (χ4v) is 2.06. The molecular formula is C10H17N3O. The third-order valence-electron chi connectivity index (χ3n) is 2.99. The van der Waals surface area contributed by atoms with Gasteiger partial charge in [0.1, 0.15) is 0 Å². The van der Waals surface area contributed by atoms with E-state index in [0.29, 0.717) is 6.04 Å². The number of nitrogens with zero attached hydrogens (tertiary/aromatic N) is 3. The summed E-state index contributed by atoms with van der Waals surface area (Å²) < 4.78 is 2.03. The molecule has 0 amide bonds. The minimum Gasteiger partial charge on any atom is -0.395 e. The molecule has 78 valence electrons. The van der Waals surface area contributed by atoms with Crippen LogP contribution in [0.2, 0.25) is 0 Å². The maximum atomic E-state index is 9.17. The molecule has 0 unspecified atom stereocenters. The molecule has 2 heterocycles. The van der Waals surface area contributed by atoms with Gasteiger partial charge in [-0.1, -0.05) is 0 Å². The van der Waals surface area contributed by atoms with Crippen molar-refractivity contribution in [3.63, 3.8) is 0 Å². The van der Waals surface area contributed by atoms with Crippen LogP contribution in [0.15, 0.2) is 12.5 Å². The molecule has 1 aliphatic rings. The van der Waals surface area contributed by atoms with E-state index in [1.165, 1.54) is 12.1 Å². The molecule has 2 rings (SSSR count). The second-order valence-electron chi connectivity index (χ2n) is 3.94. The van der Waals surface area contributed by atoms with Crippen LogP contribution >= 0.6 is 0 Å². The Kier molecular flexibility index (Phi) is 2.84. The molecule has 0 aliphatic carbocycles. The van der Waals surface area contributed by atoms with Crippen LogP contribution in [-0.2, 0) is 13.6 Å². The molecule has 0 spiro atoms. The number of hydrogen-bond acceptors (Lipinski definition) is 3. The van der Waals surface area contributed by atoms with Gasteiger partial charge < -0.3 is 9.67 Å². The van der Waals surface area contributed by atoms with E-state index >= 15 is 0 Å². The van der Waals surface area contributed by atoms with Gasteiger partial charge in [0.25, 0.3) is 0 Å². The molecule has 4 nitrogen and oxygen atoms in total. The number of likely N-dealkylation sites (tertiary alicyclic amines) is 1. The molecule has 1 N–H and O–H groups in total. The highest BCUT2D eigenvalue weighted by Crippen LogP contribution is 2.18. The summed E-state index contributed by atoms with van der Waals surface area (Å²) in [6, 6.07) is 0.352. The topological polar surface area (TPSA) is 41.3 Å². The van der Waals surface area contributed by atoms with E-state index in [-0.39, 0.29) is 6.61 Å². The fourth-order valence-electron chi connectivity index (χ4n) is 2.06. The molecule has 1 saturated heterocycles. The Bertz CT molecular complexity index is 297. The number of aryl methyl sites for hydroxylation is 1. The summed E-state index contributed by atoms with van der Waals surface area (Å²) in [6.45, 7) is 2.27. The summed E-state index contributed by atoms with van der Waals surface area (Å²) in [5.74, 6) is 0. The minimum absolute atomic E-state index is 0.276. The predicted molar refractivity (Wildman–Crippen MR) is 53.7 cm³/mol. The zero-order chi connectivity index (χ0) is 9.97. The first-order valence-corrected chi connectivity index (χ1v) is 5.11. The van der Waals surface area contributed by atoms with Crippen LogP contribution in [0.5, 0.6) is 0 Å². The van der Waals surface area contributed by atoms with Crippen molar-refractivity contribution < 1.29 is 5.11 Å². The molecule has 0 aromatic carbocycles. The van der Waals surface area contributed by atoms with Crippen LogP contribution in [0, 0.1) is 0 Å². The van der Waals surface area contributed by atoms with Crippen molar-refractivity contribution in [3.8, 4) is 0 Å². The molecule has 1 aliphatic heterocycles. The van der Waals surface area contributed by atoms with Gasteiger partial charge in [-0.25, -0.2) is 4.98 Å². The van der Waals surface area contributed by atoms with E-state index in [2.05, 4.69) is 9.88 Å². The number of hydrogen-bond donors (Lipinski definition) is 1. The Morgan fingerprint density at radius 2 is 2.50 bits per heavy atom. The van der Waals surface area contributed by atoms with E-state index in [9.17, 15) is 5.11 Å². The molecule has 0 radical (unpaired) electrons. The molecule has 4 heteroatoms. The Hall–Kier alpha value is -0.870. The van der Waals surface area contributed by atoms with Crippen LogP contribution in [0.4, 0.5) is 0 Å². The molecule has 1 aromatic rings. The highest BCUT2D eigenvalue weighted by molar-refractivity contribution is 4.98. The number of rotatable bonds is 3. The lowest BCUT2D eigenvalue weighted by Crippen LogP contribution is -2.32. The zero-order valence-electron chi connectivity index (χ0n) is 8.56. The average molecular weight is 195 g/mol. The summed E-state index contributed by atoms with van der Waals surface area (Å²) in [6.07, 6.45) is 6.03. The summed E-state index contributed by atoms with van der Waals surface area (Å²) in [5.41, 5.74) is 1.21. The SMILES string of the molecule is Cn1cncc1CN1CCC[C@H]1CO. The van der Waals surface area contributed by atoms with Crippen LogP contribution in [0.3, 0.4) is 0 Å². The predicted octanol–water partition coefficient (Wildman–Crippen LogP) is 0.377. The van der Waals surface area contributed by atoms with Crippen molar-refractivity contribution in [1.82, 2.24) is 14.5 Å². The van der Waals surface area contributed by atoms with Crippen molar-refractivity contribution in [2.45, 2.75) is 25.4 Å². The van der Waals surface area contributed by atoms with Crippen molar-refractivity contribution in [3.05, 3.63) is 18.2 Å². The molecule has 1 aromatic heterocycles. The van der Waals surface area contributed by atoms with Gasteiger partial charge in [-0.3, -0.25) is 4.90 Å². The maximum absolute atomic E-state index is 9.17. The van der Waals surface area contributed by atoms with Crippen molar-refractivity contribution >= 4 is 0 Å². The number of aliphatic hydroxyl groups is 1. The monoisotopic (exact) mass is 195 g/mol. The van der Waals surface area contributed by atoms with Crippen molar-refractivity contribution in [2.24, 2.45) is 7.05 Å². The summed E-state index contributed by atoms with van der Waals surface area (Å²) in [4.78, 5) is 6.42. The standard InChI is InChI=1S/C10H17N3O/c1-12-8-11-5-10(12)6-13-4-2-3-9(13)7-14/h5,8-9,14H,2-4,6-7H2,1H3/t9-/m0/s1. The first-order chi connectivity index (χ1) is 6.81. The summed E-state index contributed by atoms with van der Waals surface area (Å²) in [7, 11) is 2.01. The summed E-state index contributed by atoms with van der Waals surface area (Å²) in [5, 5.41) is 9.17. The number of aliphatic hydroxyl groups excluding tert-OH is 1. The molecule has 0 saturated carbocycles. The van der Waals surface area contributed by atoms with Gasteiger partial charge in [0.15, 0.2) is 0 Å². The van der Waals surface area contributed by atoms with Gasteiger partial charge in [0.05, 0.1) is 18.6 Å². The highest BCUT2D eigenvalue weighted by Gasteiger charge is 2.23. The lowest BCUT2D eigenvalue weighted by atomic mass is 10.2. The fraction of sp³-hybridized carbons (Fsp3) is 0.700. The number of aromatic nitrogens is 2. The Balaban J connectivity index is 2.00. The van der Waals surface area contributed by atoms with Crippen molar-refractivity contribution in [1.29, 1.82) is 0 Å². The van der Waals surface area contributed by atoms with Gasteiger partial charge in [-0.2, -0.15) is 0 Å². The minimum atomic E-state index is 0.276. The highest BCUT2D eigenvalue weighted by atomic mass is 16.3. The second kappa shape index (κ2) is 4.11. The van der Waals surface area contributed by atoms with E-state index in [0.717, 1.165) is 19.5 Å². The zero-order valence-corrected chi connectivity index (χ0v) is 8.56. The lowest BCUT2D eigenvalue weighted by Gasteiger charge is -2.22. The third-order valence-corrected chi connectivity index (χ3v) is 2.99. The molecule has 1 atom stereocenters. The normalized spacial score (nSPS) is 23.1. The first-order valence-electron chi connectivity index (χ1n) is 5.11. The van der Waals surface area contributed by atoms with E-state index in [1.807, 2.05) is 24.1 Å². The van der Waals surface area contributed by atoms with Crippen LogP contribution in [0.1, 0.15) is 18.5 Å². The summed E-state index contributed by atoms with van der Waals surface area (Å²) >= 11 is 0. The molecule has 14 heavy (non-hydrogen) atoms. The Morgan fingerprint density at radius 1 is 1.64 bits per heavy atom. The van der Waals surface area contributed by atoms with Gasteiger partial charge in [-0.15, -0.1) is 0 Å². The van der Waals surface area contributed by atoms with Crippen molar-refractivity contribution in [2.75, 3.05) is 13.2 Å². The quantitative estimate of drug-likeness (QED) is 0.758. The maximum Gasteiger partial charge on any atom is 0.0945 e. The van der Waals surface area contributed by atoms with Gasteiger partial charge in [0, 0.05) is 25.8 Å². The third kappa shape index (κ3) is 1.81. The number of imidazole rings is 1. The van der Waals surface area contributed by atoms with Crippen LogP contribution in [0.25, 0.3) is 0 Å². The first kappa shape index (κ1) is 9.68. The van der Waals surface area contributed by atoms with Crippen LogP contribution < -0.4 is 0 Å². The largest absolute Gasteiger partial charge is 0.395 e. The van der Waals surface area contributed by atoms with Gasteiger partial charge in [-0.05, 0) is 19.4 Å². The van der Waals surface area contributed by atoms with Gasteiger partial charge >= 0.3 is 0 Å². The molecule has 1 fully saturated rings. The average Bonchev–Trinajstić information content (AvgIpc) is 2.77. The lowest BCUT2D eigenvalue weighted by molar-refractivity contribution is 0.151. The van der Waals surface area contributed by atoms with E-state index in [4.69, 9.17) is 0 Å². The Morgan fingerprint density at radius 3 is 3.14 bits per heavy atom. The molecular weight excluding hydrogens is 178 g/mol. The molecule has 0 bridgehead atoms. The smallest absolute Gasteiger partial charge is 0.0945 e. The van der Waals surface area contributed by atoms with E-state index in [1.54, 1.807) is 0 Å². The van der Waals surface area contributed by atoms with Gasteiger partial charge in [0.2, 0.25) is 0 Å². The Labute approximate surface area is 84.2 Å².